The molecule has 1 heterocycles. The van der Waals surface area contributed by atoms with Gasteiger partial charge in [0.2, 0.25) is 5.91 Å². The molecule has 2 aromatic rings. The van der Waals surface area contributed by atoms with Crippen LogP contribution in [0.5, 0.6) is 0 Å². The van der Waals surface area contributed by atoms with Gasteiger partial charge in [-0.25, -0.2) is 9.18 Å². The summed E-state index contributed by atoms with van der Waals surface area (Å²) in [7, 11) is 0. The molecule has 0 bridgehead atoms. The summed E-state index contributed by atoms with van der Waals surface area (Å²) < 4.78 is 12.9. The fourth-order valence-electron chi connectivity index (χ4n) is 3.12. The average Bonchev–Trinajstić information content (AvgIpc) is 2.71. The molecule has 0 radical (unpaired) electrons. The highest BCUT2D eigenvalue weighted by Gasteiger charge is 2.22. The number of halogens is 1. The molecule has 0 saturated carbocycles. The topological polar surface area (TPSA) is 64.7 Å². The van der Waals surface area contributed by atoms with Crippen LogP contribution < -0.4 is 10.6 Å². The average molecular weight is 384 g/mol. The Kier molecular flexibility index (Phi) is 6.97. The van der Waals surface area contributed by atoms with E-state index < -0.39 is 0 Å². The Morgan fingerprint density at radius 1 is 0.929 bits per heavy atom. The number of nitrogens with one attached hydrogen (secondary N) is 2. The van der Waals surface area contributed by atoms with E-state index in [1.807, 2.05) is 35.2 Å². The molecule has 1 aliphatic heterocycles. The van der Waals surface area contributed by atoms with Crippen LogP contribution in [0.25, 0.3) is 0 Å². The van der Waals surface area contributed by atoms with Gasteiger partial charge in [0.15, 0.2) is 0 Å². The predicted molar refractivity (Wildman–Crippen MR) is 107 cm³/mol. The number of anilines is 1. The summed E-state index contributed by atoms with van der Waals surface area (Å²) in [4.78, 5) is 28.2. The zero-order valence-corrected chi connectivity index (χ0v) is 15.7. The van der Waals surface area contributed by atoms with Crippen LogP contribution in [0, 0.1) is 5.82 Å². The second kappa shape index (κ2) is 9.85. The highest BCUT2D eigenvalue weighted by Crippen LogP contribution is 2.09. The van der Waals surface area contributed by atoms with Crippen LogP contribution >= 0.6 is 0 Å². The molecule has 3 rings (SSSR count). The first-order chi connectivity index (χ1) is 13.6. The second-order valence-corrected chi connectivity index (χ2v) is 6.79. The molecule has 2 N–H and O–H groups in total. The Bertz CT molecular complexity index is 775. The van der Waals surface area contributed by atoms with Crippen LogP contribution in [0.2, 0.25) is 0 Å². The number of hydrogen-bond acceptors (Lipinski definition) is 3. The lowest BCUT2D eigenvalue weighted by Crippen LogP contribution is -2.53. The van der Waals surface area contributed by atoms with E-state index in [4.69, 9.17) is 0 Å². The summed E-state index contributed by atoms with van der Waals surface area (Å²) in [6.07, 6.45) is 0.802. The van der Waals surface area contributed by atoms with Gasteiger partial charge < -0.3 is 15.5 Å². The third-order valence-corrected chi connectivity index (χ3v) is 4.69. The lowest BCUT2D eigenvalue weighted by molar-refractivity contribution is -0.117. The Labute approximate surface area is 164 Å². The lowest BCUT2D eigenvalue weighted by Gasteiger charge is -2.34. The van der Waals surface area contributed by atoms with E-state index in [0.29, 0.717) is 38.4 Å². The van der Waals surface area contributed by atoms with Crippen molar-refractivity contribution in [2.75, 3.05) is 44.6 Å². The highest BCUT2D eigenvalue weighted by molar-refractivity contribution is 5.92. The smallest absolute Gasteiger partial charge is 0.317 e. The van der Waals surface area contributed by atoms with E-state index in [1.165, 1.54) is 29.8 Å². The van der Waals surface area contributed by atoms with Crippen LogP contribution in [0.3, 0.4) is 0 Å². The lowest BCUT2D eigenvalue weighted by atomic mass is 10.1. The van der Waals surface area contributed by atoms with Crippen molar-refractivity contribution >= 4 is 17.6 Å². The minimum absolute atomic E-state index is 0.0636. The Morgan fingerprint density at radius 2 is 1.61 bits per heavy atom. The van der Waals surface area contributed by atoms with Crippen molar-refractivity contribution in [1.29, 1.82) is 0 Å². The zero-order chi connectivity index (χ0) is 19.8. The molecule has 0 atom stereocenters. The zero-order valence-electron chi connectivity index (χ0n) is 15.7. The van der Waals surface area contributed by atoms with Gasteiger partial charge in [0.1, 0.15) is 5.82 Å². The van der Waals surface area contributed by atoms with E-state index in [2.05, 4.69) is 10.6 Å². The van der Waals surface area contributed by atoms with Crippen molar-refractivity contribution < 1.29 is 14.0 Å². The molecular weight excluding hydrogens is 359 g/mol. The van der Waals surface area contributed by atoms with Crippen LogP contribution in [0.1, 0.15) is 5.56 Å². The Balaban J connectivity index is 1.34. The molecule has 6 nitrogen and oxygen atoms in total. The van der Waals surface area contributed by atoms with Gasteiger partial charge in [-0.2, -0.15) is 0 Å². The minimum Gasteiger partial charge on any atom is -0.338 e. The van der Waals surface area contributed by atoms with Crippen molar-refractivity contribution in [2.45, 2.75) is 6.42 Å². The van der Waals surface area contributed by atoms with E-state index in [1.54, 1.807) is 4.90 Å². The van der Waals surface area contributed by atoms with Gasteiger partial charge >= 0.3 is 6.03 Å². The van der Waals surface area contributed by atoms with E-state index in [-0.39, 0.29) is 24.3 Å². The monoisotopic (exact) mass is 384 g/mol. The number of carbonyl (C=O) groups is 2. The van der Waals surface area contributed by atoms with E-state index >= 15 is 0 Å². The third-order valence-electron chi connectivity index (χ3n) is 4.69. The molecule has 28 heavy (non-hydrogen) atoms. The summed E-state index contributed by atoms with van der Waals surface area (Å²) in [6, 6.07) is 15.7. The number of carbonyl (C=O) groups excluding carboxylic acids is 2. The normalized spacial score (nSPS) is 14.5. The second-order valence-electron chi connectivity index (χ2n) is 6.79. The van der Waals surface area contributed by atoms with Crippen LogP contribution in [-0.2, 0) is 11.2 Å². The maximum atomic E-state index is 12.9. The van der Waals surface area contributed by atoms with Crippen molar-refractivity contribution in [2.24, 2.45) is 0 Å². The molecule has 2 aromatic carbocycles. The number of hydrogen-bond donors (Lipinski definition) is 2. The molecule has 148 valence electrons. The molecule has 1 saturated heterocycles. The first kappa shape index (κ1) is 19.8. The quantitative estimate of drug-likeness (QED) is 0.804. The molecule has 1 fully saturated rings. The largest absolute Gasteiger partial charge is 0.338 e. The van der Waals surface area contributed by atoms with Crippen molar-refractivity contribution in [3.8, 4) is 0 Å². The van der Waals surface area contributed by atoms with Gasteiger partial charge in [-0.15, -0.1) is 0 Å². The number of piperazine rings is 1. The maximum Gasteiger partial charge on any atom is 0.317 e. The number of amides is 3. The number of urea groups is 1. The summed E-state index contributed by atoms with van der Waals surface area (Å²) in [5.41, 5.74) is 1.77. The van der Waals surface area contributed by atoms with Gasteiger partial charge in [-0.3, -0.25) is 9.69 Å². The molecule has 7 heteroatoms. The van der Waals surface area contributed by atoms with Crippen molar-refractivity contribution in [3.63, 3.8) is 0 Å². The Morgan fingerprint density at radius 3 is 2.29 bits per heavy atom. The van der Waals surface area contributed by atoms with Crippen LogP contribution in [0.15, 0.2) is 54.6 Å². The van der Waals surface area contributed by atoms with Gasteiger partial charge in [0, 0.05) is 38.4 Å². The SMILES string of the molecule is O=C(CN1CCN(C(=O)NCCc2ccccc2)CC1)Nc1ccc(F)cc1. The van der Waals surface area contributed by atoms with E-state index in [0.717, 1.165) is 6.42 Å². The summed E-state index contributed by atoms with van der Waals surface area (Å²) in [5, 5.41) is 5.71. The number of rotatable bonds is 6. The fraction of sp³-hybridized carbons (Fsp3) is 0.333. The first-order valence-electron chi connectivity index (χ1n) is 9.44. The molecule has 3 amide bonds. The van der Waals surface area contributed by atoms with Crippen molar-refractivity contribution in [3.05, 3.63) is 66.0 Å². The van der Waals surface area contributed by atoms with Gasteiger partial charge in [0.05, 0.1) is 6.54 Å². The number of nitrogens with zero attached hydrogens (tertiary/aromatic N) is 2. The predicted octanol–water partition coefficient (Wildman–Crippen LogP) is 2.33. The molecular formula is C21H25FN4O2. The fourth-order valence-corrected chi connectivity index (χ4v) is 3.12. The first-order valence-corrected chi connectivity index (χ1v) is 9.44. The third kappa shape index (κ3) is 6.06. The van der Waals surface area contributed by atoms with Crippen LogP contribution in [-0.4, -0.2) is 61.0 Å². The van der Waals surface area contributed by atoms with Gasteiger partial charge in [0.25, 0.3) is 0 Å². The molecule has 0 spiro atoms. The molecule has 1 aliphatic rings. The molecule has 0 aromatic heterocycles. The summed E-state index contributed by atoms with van der Waals surface area (Å²) in [5.74, 6) is -0.483. The minimum atomic E-state index is -0.337. The molecule has 0 unspecified atom stereocenters. The summed E-state index contributed by atoms with van der Waals surface area (Å²) in [6.45, 7) is 3.30. The summed E-state index contributed by atoms with van der Waals surface area (Å²) >= 11 is 0. The van der Waals surface area contributed by atoms with E-state index in [9.17, 15) is 14.0 Å². The highest BCUT2D eigenvalue weighted by atomic mass is 19.1. The van der Waals surface area contributed by atoms with Crippen molar-refractivity contribution in [1.82, 2.24) is 15.1 Å². The molecule has 0 aliphatic carbocycles. The van der Waals surface area contributed by atoms with Crippen LogP contribution in [0.4, 0.5) is 14.9 Å². The van der Waals surface area contributed by atoms with Gasteiger partial charge in [-0.05, 0) is 36.2 Å². The number of benzene rings is 2. The van der Waals surface area contributed by atoms with Gasteiger partial charge in [-0.1, -0.05) is 30.3 Å². The standard InChI is InChI=1S/C21H25FN4O2/c22-18-6-8-19(9-7-18)24-20(27)16-25-12-14-26(15-13-25)21(28)23-11-10-17-4-2-1-3-5-17/h1-9H,10-16H2,(H,23,28)(H,24,27). The Hall–Kier alpha value is -2.93. The maximum absolute atomic E-state index is 12.9.